The van der Waals surface area contributed by atoms with Crippen LogP contribution in [-0.4, -0.2) is 19.7 Å². The van der Waals surface area contributed by atoms with Gasteiger partial charge in [-0.2, -0.15) is 4.98 Å². The number of aromatic nitrogens is 4. The zero-order valence-electron chi connectivity index (χ0n) is 9.58. The lowest BCUT2D eigenvalue weighted by Crippen LogP contribution is -2.18. The number of aryl methyl sites for hydroxylation is 1. The van der Waals surface area contributed by atoms with Crippen molar-refractivity contribution in [3.05, 3.63) is 29.9 Å². The maximum absolute atomic E-state index is 6.07. The van der Waals surface area contributed by atoms with Crippen molar-refractivity contribution in [1.29, 1.82) is 0 Å². The van der Waals surface area contributed by atoms with Gasteiger partial charge in [0.15, 0.2) is 5.82 Å². The predicted octanol–water partition coefficient (Wildman–Crippen LogP) is 1.20. The van der Waals surface area contributed by atoms with Gasteiger partial charge in [0.1, 0.15) is 6.04 Å². The molecule has 0 saturated carbocycles. The van der Waals surface area contributed by atoms with Crippen molar-refractivity contribution in [3.8, 4) is 0 Å². The van der Waals surface area contributed by atoms with Crippen LogP contribution in [0.2, 0.25) is 0 Å². The molecule has 2 aromatic rings. The number of imidazole rings is 1. The molecule has 0 fully saturated rings. The van der Waals surface area contributed by atoms with Crippen LogP contribution in [0.1, 0.15) is 43.3 Å². The fraction of sp³-hybridized carbons (Fsp3) is 0.500. The van der Waals surface area contributed by atoms with Gasteiger partial charge in [0.2, 0.25) is 5.89 Å². The lowest BCUT2D eigenvalue weighted by atomic mass is 10.2. The van der Waals surface area contributed by atoms with Gasteiger partial charge in [0, 0.05) is 13.0 Å². The van der Waals surface area contributed by atoms with E-state index in [1.165, 1.54) is 0 Å². The summed E-state index contributed by atoms with van der Waals surface area (Å²) in [5, 5.41) is 3.82. The molecule has 16 heavy (non-hydrogen) atoms. The van der Waals surface area contributed by atoms with Gasteiger partial charge in [0.05, 0.1) is 18.2 Å². The van der Waals surface area contributed by atoms with Crippen LogP contribution < -0.4 is 5.73 Å². The third kappa shape index (κ3) is 1.83. The summed E-state index contributed by atoms with van der Waals surface area (Å²) in [5.41, 5.74) is 6.95. The van der Waals surface area contributed by atoms with Gasteiger partial charge in [-0.15, -0.1) is 0 Å². The highest BCUT2D eigenvalue weighted by Crippen LogP contribution is 2.19. The Balaban J connectivity index is 2.33. The smallest absolute Gasteiger partial charge is 0.223 e. The Morgan fingerprint density at radius 2 is 2.19 bits per heavy atom. The highest BCUT2D eigenvalue weighted by Gasteiger charge is 2.19. The van der Waals surface area contributed by atoms with E-state index in [-0.39, 0.29) is 0 Å². The van der Waals surface area contributed by atoms with Gasteiger partial charge >= 0.3 is 0 Å². The SMILES string of the molecule is Cc1nc(C(N)c2cncn2C(C)C)no1. The first kappa shape index (κ1) is 10.8. The molecule has 2 N–H and O–H groups in total. The molecule has 0 aliphatic carbocycles. The zero-order valence-corrected chi connectivity index (χ0v) is 9.58. The first-order chi connectivity index (χ1) is 7.59. The lowest BCUT2D eigenvalue weighted by Gasteiger charge is -2.14. The lowest BCUT2D eigenvalue weighted by molar-refractivity contribution is 0.384. The largest absolute Gasteiger partial charge is 0.340 e. The van der Waals surface area contributed by atoms with Crippen molar-refractivity contribution >= 4 is 0 Å². The van der Waals surface area contributed by atoms with Crippen molar-refractivity contribution in [3.63, 3.8) is 0 Å². The number of nitrogens with two attached hydrogens (primary N) is 1. The van der Waals surface area contributed by atoms with Crippen molar-refractivity contribution in [2.75, 3.05) is 0 Å². The van der Waals surface area contributed by atoms with Crippen LogP contribution >= 0.6 is 0 Å². The molecule has 0 radical (unpaired) electrons. The van der Waals surface area contributed by atoms with Crippen molar-refractivity contribution in [1.82, 2.24) is 19.7 Å². The van der Waals surface area contributed by atoms with E-state index < -0.39 is 6.04 Å². The van der Waals surface area contributed by atoms with Crippen LogP contribution in [-0.2, 0) is 0 Å². The third-order valence-electron chi connectivity index (χ3n) is 2.39. The average molecular weight is 221 g/mol. The molecule has 0 aromatic carbocycles. The molecular weight excluding hydrogens is 206 g/mol. The summed E-state index contributed by atoms with van der Waals surface area (Å²) in [4.78, 5) is 8.22. The van der Waals surface area contributed by atoms with E-state index in [2.05, 4.69) is 29.0 Å². The van der Waals surface area contributed by atoms with E-state index in [1.807, 2.05) is 4.57 Å². The van der Waals surface area contributed by atoms with Gasteiger partial charge in [0.25, 0.3) is 0 Å². The van der Waals surface area contributed by atoms with Gasteiger partial charge in [-0.25, -0.2) is 4.98 Å². The molecule has 0 aliphatic heterocycles. The van der Waals surface area contributed by atoms with Gasteiger partial charge < -0.3 is 14.8 Å². The highest BCUT2D eigenvalue weighted by molar-refractivity contribution is 5.14. The van der Waals surface area contributed by atoms with Gasteiger partial charge in [-0.1, -0.05) is 5.16 Å². The summed E-state index contributed by atoms with van der Waals surface area (Å²) in [6.07, 6.45) is 3.49. The van der Waals surface area contributed by atoms with E-state index in [0.717, 1.165) is 5.69 Å². The van der Waals surface area contributed by atoms with E-state index in [1.54, 1.807) is 19.4 Å². The first-order valence-electron chi connectivity index (χ1n) is 5.17. The average Bonchev–Trinajstić information content (AvgIpc) is 2.84. The van der Waals surface area contributed by atoms with E-state index in [0.29, 0.717) is 17.8 Å². The molecule has 1 atom stereocenters. The summed E-state index contributed by atoms with van der Waals surface area (Å²) in [7, 11) is 0. The minimum absolute atomic E-state index is 0.302. The van der Waals surface area contributed by atoms with E-state index in [4.69, 9.17) is 10.3 Å². The summed E-state index contributed by atoms with van der Waals surface area (Å²) in [5.74, 6) is 1.00. The Morgan fingerprint density at radius 1 is 1.44 bits per heavy atom. The Kier molecular flexibility index (Phi) is 2.74. The number of nitrogens with zero attached hydrogens (tertiary/aromatic N) is 4. The van der Waals surface area contributed by atoms with Crippen LogP contribution in [0, 0.1) is 6.92 Å². The minimum atomic E-state index is -0.401. The van der Waals surface area contributed by atoms with Crippen LogP contribution in [0.5, 0.6) is 0 Å². The Morgan fingerprint density at radius 3 is 2.75 bits per heavy atom. The molecule has 2 aromatic heterocycles. The molecule has 0 saturated heterocycles. The van der Waals surface area contributed by atoms with E-state index in [9.17, 15) is 0 Å². The topological polar surface area (TPSA) is 82.8 Å². The second-order valence-corrected chi connectivity index (χ2v) is 3.97. The van der Waals surface area contributed by atoms with E-state index >= 15 is 0 Å². The maximum atomic E-state index is 6.07. The molecule has 1 unspecified atom stereocenters. The molecule has 2 heterocycles. The summed E-state index contributed by atoms with van der Waals surface area (Å²) < 4.78 is 6.91. The Labute approximate surface area is 93.5 Å². The summed E-state index contributed by atoms with van der Waals surface area (Å²) >= 11 is 0. The molecule has 0 amide bonds. The Bertz CT molecular complexity index is 473. The minimum Gasteiger partial charge on any atom is -0.340 e. The molecule has 86 valence electrons. The van der Waals surface area contributed by atoms with Crippen LogP contribution in [0.3, 0.4) is 0 Å². The maximum Gasteiger partial charge on any atom is 0.223 e. The highest BCUT2D eigenvalue weighted by atomic mass is 16.5. The second-order valence-electron chi connectivity index (χ2n) is 3.97. The van der Waals surface area contributed by atoms with Crippen molar-refractivity contribution in [2.45, 2.75) is 32.9 Å². The summed E-state index contributed by atoms with van der Waals surface area (Å²) in [6, 6.07) is -0.0982. The molecule has 0 bridgehead atoms. The molecule has 0 spiro atoms. The monoisotopic (exact) mass is 221 g/mol. The fourth-order valence-electron chi connectivity index (χ4n) is 1.56. The van der Waals surface area contributed by atoms with Crippen LogP contribution in [0.15, 0.2) is 17.0 Å². The quantitative estimate of drug-likeness (QED) is 0.842. The molecule has 0 aliphatic rings. The molecule has 6 heteroatoms. The molecular formula is C10H15N5O. The number of hydrogen-bond acceptors (Lipinski definition) is 5. The van der Waals surface area contributed by atoms with Gasteiger partial charge in [-0.05, 0) is 13.8 Å². The number of hydrogen-bond donors (Lipinski definition) is 1. The van der Waals surface area contributed by atoms with Crippen molar-refractivity contribution in [2.24, 2.45) is 5.73 Å². The third-order valence-corrected chi connectivity index (χ3v) is 2.39. The fourth-order valence-corrected chi connectivity index (χ4v) is 1.56. The molecule has 2 rings (SSSR count). The normalized spacial score (nSPS) is 13.3. The number of rotatable bonds is 3. The molecule has 6 nitrogen and oxygen atoms in total. The van der Waals surface area contributed by atoms with Crippen LogP contribution in [0.4, 0.5) is 0 Å². The van der Waals surface area contributed by atoms with Crippen LogP contribution in [0.25, 0.3) is 0 Å². The first-order valence-corrected chi connectivity index (χ1v) is 5.17. The zero-order chi connectivity index (χ0) is 11.7. The van der Waals surface area contributed by atoms with Gasteiger partial charge in [-0.3, -0.25) is 0 Å². The second kappa shape index (κ2) is 4.05. The predicted molar refractivity (Wildman–Crippen MR) is 57.7 cm³/mol. The summed E-state index contributed by atoms with van der Waals surface area (Å²) in [6.45, 7) is 5.88. The Hall–Kier alpha value is -1.69. The van der Waals surface area contributed by atoms with Crippen molar-refractivity contribution < 1.29 is 4.52 Å². The standard InChI is InChI=1S/C10H15N5O/c1-6(2)15-5-12-4-8(15)9(11)10-13-7(3)16-14-10/h4-6,9H,11H2,1-3H3.